The van der Waals surface area contributed by atoms with E-state index in [0.29, 0.717) is 12.5 Å². The van der Waals surface area contributed by atoms with E-state index in [4.69, 9.17) is 0 Å². The van der Waals surface area contributed by atoms with Crippen LogP contribution in [0, 0.1) is 5.92 Å². The topological polar surface area (TPSA) is 58.2 Å². The molecular weight excluding hydrogens is 236 g/mol. The molecule has 1 rings (SSSR count). The average Bonchev–Trinajstić information content (AvgIpc) is 2.25. The third-order valence-electron chi connectivity index (χ3n) is 3.11. The van der Waals surface area contributed by atoms with E-state index < -0.39 is 10.0 Å². The number of rotatable bonds is 7. The number of sulfonamides is 1. The molecule has 0 amide bonds. The lowest BCUT2D eigenvalue weighted by atomic mass is 10.1. The first-order valence-corrected chi connectivity index (χ1v) is 8.35. The van der Waals surface area contributed by atoms with Crippen molar-refractivity contribution >= 4 is 10.0 Å². The van der Waals surface area contributed by atoms with Crippen LogP contribution in [0.5, 0.6) is 0 Å². The molecule has 0 aromatic carbocycles. The van der Waals surface area contributed by atoms with Gasteiger partial charge in [0.1, 0.15) is 0 Å². The Hall–Kier alpha value is -0.130. The van der Waals surface area contributed by atoms with Crippen molar-refractivity contribution < 1.29 is 8.42 Å². The van der Waals surface area contributed by atoms with Crippen molar-refractivity contribution in [2.45, 2.75) is 52.0 Å². The van der Waals surface area contributed by atoms with Crippen molar-refractivity contribution in [1.29, 1.82) is 0 Å². The van der Waals surface area contributed by atoms with Gasteiger partial charge in [-0.3, -0.25) is 0 Å². The van der Waals surface area contributed by atoms with Crippen molar-refractivity contribution in [3.8, 4) is 0 Å². The number of nitrogens with one attached hydrogen (secondary N) is 2. The van der Waals surface area contributed by atoms with Gasteiger partial charge in [-0.05, 0) is 38.1 Å². The Bertz CT molecular complexity index is 296. The largest absolute Gasteiger partial charge is 0.313 e. The van der Waals surface area contributed by atoms with E-state index in [1.54, 1.807) is 0 Å². The Labute approximate surface area is 106 Å². The van der Waals surface area contributed by atoms with Gasteiger partial charge in [-0.1, -0.05) is 20.3 Å². The van der Waals surface area contributed by atoms with Gasteiger partial charge in [-0.2, -0.15) is 0 Å². The van der Waals surface area contributed by atoms with E-state index in [1.807, 2.05) is 0 Å². The van der Waals surface area contributed by atoms with E-state index >= 15 is 0 Å². The lowest BCUT2D eigenvalue weighted by Gasteiger charge is -2.23. The van der Waals surface area contributed by atoms with Crippen LogP contribution in [0.2, 0.25) is 0 Å². The van der Waals surface area contributed by atoms with Gasteiger partial charge in [0.05, 0.1) is 5.75 Å². The van der Waals surface area contributed by atoms with Gasteiger partial charge in [0.2, 0.25) is 10.0 Å². The molecule has 1 fully saturated rings. The first-order chi connectivity index (χ1) is 7.99. The highest BCUT2D eigenvalue weighted by Crippen LogP contribution is 2.09. The molecule has 1 heterocycles. The first kappa shape index (κ1) is 14.9. The molecule has 0 spiro atoms. The summed E-state index contributed by atoms with van der Waals surface area (Å²) in [5.41, 5.74) is 0. The zero-order valence-corrected chi connectivity index (χ0v) is 11.9. The molecule has 4 nitrogen and oxygen atoms in total. The van der Waals surface area contributed by atoms with Crippen LogP contribution in [-0.4, -0.2) is 33.3 Å². The van der Waals surface area contributed by atoms with E-state index in [2.05, 4.69) is 23.9 Å². The lowest BCUT2D eigenvalue weighted by Crippen LogP contribution is -2.42. The lowest BCUT2D eigenvalue weighted by molar-refractivity contribution is 0.422. The van der Waals surface area contributed by atoms with Gasteiger partial charge in [0.15, 0.2) is 0 Å². The van der Waals surface area contributed by atoms with Crippen molar-refractivity contribution in [3.05, 3.63) is 0 Å². The minimum Gasteiger partial charge on any atom is -0.313 e. The normalized spacial score (nSPS) is 21.9. The van der Waals surface area contributed by atoms with Crippen molar-refractivity contribution in [1.82, 2.24) is 10.0 Å². The van der Waals surface area contributed by atoms with Crippen molar-refractivity contribution in [3.63, 3.8) is 0 Å². The second-order valence-corrected chi connectivity index (χ2v) is 7.21. The fourth-order valence-electron chi connectivity index (χ4n) is 2.13. The first-order valence-electron chi connectivity index (χ1n) is 6.70. The molecule has 5 heteroatoms. The van der Waals surface area contributed by atoms with E-state index in [9.17, 15) is 8.42 Å². The molecule has 1 aliphatic rings. The smallest absolute Gasteiger partial charge is 0.213 e. The van der Waals surface area contributed by atoms with Gasteiger partial charge < -0.3 is 5.32 Å². The molecule has 0 aromatic rings. The molecule has 0 aromatic heterocycles. The maximum atomic E-state index is 11.8. The highest BCUT2D eigenvalue weighted by molar-refractivity contribution is 7.89. The van der Waals surface area contributed by atoms with Crippen LogP contribution in [0.25, 0.3) is 0 Å². The predicted octanol–water partition coefficient (Wildman–Crippen LogP) is 1.48. The summed E-state index contributed by atoms with van der Waals surface area (Å²) in [4.78, 5) is 0. The molecule has 1 unspecified atom stereocenters. The summed E-state index contributed by atoms with van der Waals surface area (Å²) in [6.07, 6.45) is 5.28. The molecule has 0 radical (unpaired) electrons. The van der Waals surface area contributed by atoms with Gasteiger partial charge in [-0.25, -0.2) is 13.1 Å². The summed E-state index contributed by atoms with van der Waals surface area (Å²) in [7, 11) is -3.09. The van der Waals surface area contributed by atoms with E-state index in [0.717, 1.165) is 32.2 Å². The second-order valence-electron chi connectivity index (χ2n) is 5.36. The molecule has 0 aliphatic carbocycles. The zero-order chi connectivity index (χ0) is 12.7. The molecule has 2 N–H and O–H groups in total. The van der Waals surface area contributed by atoms with Crippen LogP contribution in [0.4, 0.5) is 0 Å². The maximum Gasteiger partial charge on any atom is 0.213 e. The quantitative estimate of drug-likeness (QED) is 0.683. The molecule has 1 atom stereocenters. The van der Waals surface area contributed by atoms with E-state index in [-0.39, 0.29) is 11.8 Å². The van der Waals surface area contributed by atoms with Crippen LogP contribution < -0.4 is 10.0 Å². The third-order valence-corrected chi connectivity index (χ3v) is 4.60. The van der Waals surface area contributed by atoms with Crippen LogP contribution in [0.15, 0.2) is 0 Å². The molecule has 0 bridgehead atoms. The number of piperidine rings is 1. The summed E-state index contributed by atoms with van der Waals surface area (Å²) in [6, 6.07) is 0.145. The molecular formula is C12H26N2O2S. The zero-order valence-electron chi connectivity index (χ0n) is 11.0. The maximum absolute atomic E-state index is 11.8. The minimum absolute atomic E-state index is 0.145. The second kappa shape index (κ2) is 7.34. The summed E-state index contributed by atoms with van der Waals surface area (Å²) in [5, 5.41) is 3.26. The Kier molecular flexibility index (Phi) is 6.44. The van der Waals surface area contributed by atoms with Crippen LogP contribution in [-0.2, 0) is 10.0 Å². The summed E-state index contributed by atoms with van der Waals surface area (Å²) in [5.74, 6) is 0.869. The predicted molar refractivity (Wildman–Crippen MR) is 71.5 cm³/mol. The molecule has 17 heavy (non-hydrogen) atoms. The molecule has 0 saturated carbocycles. The van der Waals surface area contributed by atoms with Crippen LogP contribution in [0.1, 0.15) is 46.0 Å². The fraction of sp³-hybridized carbons (Fsp3) is 1.00. The highest BCUT2D eigenvalue weighted by Gasteiger charge is 2.20. The average molecular weight is 262 g/mol. The van der Waals surface area contributed by atoms with Gasteiger partial charge in [0.25, 0.3) is 0 Å². The minimum atomic E-state index is -3.09. The van der Waals surface area contributed by atoms with E-state index in [1.165, 1.54) is 6.42 Å². The highest BCUT2D eigenvalue weighted by atomic mass is 32.2. The van der Waals surface area contributed by atoms with Crippen LogP contribution >= 0.6 is 0 Å². The standard InChI is InChI=1S/C12H26N2O2S/c1-11(2)6-5-9-14-17(15,16)10-12-7-3-4-8-13-12/h11-14H,3-10H2,1-2H3. The summed E-state index contributed by atoms with van der Waals surface area (Å²) >= 11 is 0. The molecule has 102 valence electrons. The number of hydrogen-bond donors (Lipinski definition) is 2. The Morgan fingerprint density at radius 2 is 2.12 bits per heavy atom. The monoisotopic (exact) mass is 262 g/mol. The number of hydrogen-bond acceptors (Lipinski definition) is 3. The van der Waals surface area contributed by atoms with Crippen molar-refractivity contribution in [2.24, 2.45) is 5.92 Å². The Morgan fingerprint density at radius 1 is 1.35 bits per heavy atom. The summed E-state index contributed by atoms with van der Waals surface area (Å²) < 4.78 is 26.3. The Balaban J connectivity index is 2.20. The van der Waals surface area contributed by atoms with Gasteiger partial charge in [0, 0.05) is 12.6 Å². The van der Waals surface area contributed by atoms with Crippen LogP contribution in [0.3, 0.4) is 0 Å². The fourth-order valence-corrected chi connectivity index (χ4v) is 3.52. The van der Waals surface area contributed by atoms with Gasteiger partial charge >= 0.3 is 0 Å². The van der Waals surface area contributed by atoms with Gasteiger partial charge in [-0.15, -0.1) is 0 Å². The molecule has 1 aliphatic heterocycles. The van der Waals surface area contributed by atoms with Crippen molar-refractivity contribution in [2.75, 3.05) is 18.8 Å². The summed E-state index contributed by atoms with van der Waals surface area (Å²) in [6.45, 7) is 5.83. The third kappa shape index (κ3) is 7.01. The SMILES string of the molecule is CC(C)CCCNS(=O)(=O)CC1CCCCN1. The molecule has 1 saturated heterocycles. The Morgan fingerprint density at radius 3 is 2.71 bits per heavy atom.